The molecule has 0 aromatic heterocycles. The maximum atomic E-state index is 12.0. The second-order valence-electron chi connectivity index (χ2n) is 14.6. The van der Waals surface area contributed by atoms with Crippen LogP contribution in [0.5, 0.6) is 11.5 Å². The molecule has 0 amide bonds. The van der Waals surface area contributed by atoms with Gasteiger partial charge in [0.2, 0.25) is 0 Å². The molecule has 3 aliphatic heterocycles. The molecule has 9 heteroatoms. The van der Waals surface area contributed by atoms with Gasteiger partial charge < -0.3 is 56.7 Å². The summed E-state index contributed by atoms with van der Waals surface area (Å²) in [6.45, 7) is 7.72. The maximum absolute atomic E-state index is 12.0. The molecule has 8 nitrogen and oxygen atoms in total. The van der Waals surface area contributed by atoms with Crippen LogP contribution in [0.1, 0.15) is 86.3 Å². The van der Waals surface area contributed by atoms with E-state index in [1.54, 1.807) is 12.1 Å². The number of hydrogen-bond donors (Lipinski definition) is 5. The third-order valence-electron chi connectivity index (χ3n) is 11.6. The highest BCUT2D eigenvalue weighted by atomic mass is 79.9. The first-order valence-corrected chi connectivity index (χ1v) is 18.1. The van der Waals surface area contributed by atoms with E-state index in [0.717, 1.165) is 53.7 Å². The van der Waals surface area contributed by atoms with E-state index in [4.69, 9.17) is 9.47 Å². The summed E-state index contributed by atoms with van der Waals surface area (Å²) in [5, 5.41) is 45.2. The molecule has 0 radical (unpaired) electrons. The summed E-state index contributed by atoms with van der Waals surface area (Å²) in [5.41, 5.74) is 2.24. The Morgan fingerprint density at radius 2 is 1.63 bits per heavy atom. The zero-order chi connectivity index (χ0) is 33.6. The molecule has 4 atom stereocenters. The summed E-state index contributed by atoms with van der Waals surface area (Å²) < 4.78 is 14.0. The van der Waals surface area contributed by atoms with E-state index in [1.807, 2.05) is 30.3 Å². The fourth-order valence-corrected chi connectivity index (χ4v) is 8.43. The van der Waals surface area contributed by atoms with Crippen molar-refractivity contribution in [2.45, 2.75) is 82.3 Å². The Balaban J connectivity index is 0.00000468. The number of benzene rings is 3. The quantitative estimate of drug-likeness (QED) is 0.114. The monoisotopic (exact) mass is 738 g/mol. The standard InChI is InChI=1S/C40H54N2O6.BrH/c1-29(41-25-38(45)32-14-17-37(44)33(24-32)27-43)30-12-15-36(16-13-30)47-23-7-20-42-21-18-31(19-22-42)39(26-42)48-28-40(46,35-10-5-6-11-35)34-8-3-2-4-9-34;/h2-4,8-9,12-17,24,29,31,35,38-39,41,43,45-46H,5-7,10-11,18-23,25-28H2,1H3;1H/t29-,31?,38+,39+,40-,42?;/m1./s1. The largest absolute Gasteiger partial charge is 1.00 e. The van der Waals surface area contributed by atoms with Gasteiger partial charge in [0.05, 0.1) is 45.6 Å². The molecule has 49 heavy (non-hydrogen) atoms. The normalized spacial score (nSPS) is 24.6. The molecular weight excluding hydrogens is 684 g/mol. The third kappa shape index (κ3) is 9.06. The van der Waals surface area contributed by atoms with E-state index >= 15 is 0 Å². The summed E-state index contributed by atoms with van der Waals surface area (Å²) in [5.74, 6) is 1.74. The second kappa shape index (κ2) is 17.1. The SMILES string of the molecule is C[C@@H](NC[C@H](O)c1ccc(O)c(CO)c1)c1ccc(OCCC[N+]23CCC(CC2)[C@@H](OC[C@@](O)(c2ccccc2)C2CCCC2)C3)cc1.[Br-]. The predicted molar refractivity (Wildman–Crippen MR) is 186 cm³/mol. The number of quaternary nitrogens is 1. The average Bonchev–Trinajstić information content (AvgIpc) is 3.69. The zero-order valence-electron chi connectivity index (χ0n) is 28.9. The fraction of sp³-hybridized carbons (Fsp3) is 0.550. The lowest BCUT2D eigenvalue weighted by molar-refractivity contribution is -0.946. The molecule has 0 unspecified atom stereocenters. The number of aromatic hydroxyl groups is 1. The lowest BCUT2D eigenvalue weighted by Gasteiger charge is -2.53. The van der Waals surface area contributed by atoms with E-state index in [1.165, 1.54) is 44.8 Å². The first-order chi connectivity index (χ1) is 23.3. The number of nitrogens with one attached hydrogen (secondary N) is 1. The van der Waals surface area contributed by atoms with Crippen LogP contribution in [0.25, 0.3) is 0 Å². The van der Waals surface area contributed by atoms with Crippen LogP contribution in [-0.2, 0) is 16.9 Å². The predicted octanol–water partition coefficient (Wildman–Crippen LogP) is 2.75. The van der Waals surface area contributed by atoms with Gasteiger partial charge in [0.25, 0.3) is 0 Å². The van der Waals surface area contributed by atoms with Crippen molar-refractivity contribution >= 4 is 0 Å². The summed E-state index contributed by atoms with van der Waals surface area (Å²) in [7, 11) is 0. The lowest BCUT2D eigenvalue weighted by Crippen LogP contribution is -3.00. The summed E-state index contributed by atoms with van der Waals surface area (Å²) >= 11 is 0. The van der Waals surface area contributed by atoms with Crippen LogP contribution in [0.15, 0.2) is 72.8 Å². The highest BCUT2D eigenvalue weighted by molar-refractivity contribution is 5.36. The van der Waals surface area contributed by atoms with Crippen LogP contribution in [0, 0.1) is 11.8 Å². The molecule has 4 fully saturated rings. The molecule has 0 spiro atoms. The molecule has 7 rings (SSSR count). The summed E-state index contributed by atoms with van der Waals surface area (Å²) in [6.07, 6.45) is 7.35. The number of ether oxygens (including phenoxy) is 2. The first kappa shape index (κ1) is 37.7. The Kier molecular flexibility index (Phi) is 13.2. The summed E-state index contributed by atoms with van der Waals surface area (Å²) in [4.78, 5) is 0. The highest BCUT2D eigenvalue weighted by Crippen LogP contribution is 2.42. The van der Waals surface area contributed by atoms with Crippen molar-refractivity contribution in [1.82, 2.24) is 5.32 Å². The van der Waals surface area contributed by atoms with Crippen molar-refractivity contribution in [2.24, 2.45) is 11.8 Å². The number of nitrogens with zero attached hydrogens (tertiary/aromatic N) is 1. The molecule has 3 aromatic rings. The molecule has 1 saturated carbocycles. The number of aliphatic hydroxyl groups is 3. The molecule has 2 bridgehead atoms. The Bertz CT molecular complexity index is 1440. The van der Waals surface area contributed by atoms with E-state index < -0.39 is 11.7 Å². The van der Waals surface area contributed by atoms with Crippen LogP contribution in [0.3, 0.4) is 0 Å². The van der Waals surface area contributed by atoms with Gasteiger partial charge in [0.15, 0.2) is 0 Å². The van der Waals surface area contributed by atoms with Gasteiger partial charge in [0, 0.05) is 43.3 Å². The van der Waals surface area contributed by atoms with Gasteiger partial charge in [-0.25, -0.2) is 0 Å². The molecule has 3 heterocycles. The number of fused-ring (bicyclic) bond motifs is 3. The van der Waals surface area contributed by atoms with Crippen molar-refractivity contribution in [2.75, 3.05) is 45.9 Å². The Hall–Kier alpha value is -2.50. The minimum Gasteiger partial charge on any atom is -1.00 e. The zero-order valence-corrected chi connectivity index (χ0v) is 30.4. The maximum Gasteiger partial charge on any atom is 0.121 e. The van der Waals surface area contributed by atoms with Crippen LogP contribution < -0.4 is 27.0 Å². The van der Waals surface area contributed by atoms with Gasteiger partial charge in [-0.3, -0.25) is 0 Å². The number of phenols is 1. The Labute approximate surface area is 302 Å². The molecule has 3 aromatic carbocycles. The average molecular weight is 740 g/mol. The molecule has 268 valence electrons. The van der Waals surface area contributed by atoms with Gasteiger partial charge in [-0.15, -0.1) is 0 Å². The van der Waals surface area contributed by atoms with Gasteiger partial charge in [0.1, 0.15) is 29.7 Å². The van der Waals surface area contributed by atoms with E-state index in [0.29, 0.717) is 36.8 Å². The lowest BCUT2D eigenvalue weighted by atomic mass is 9.80. The van der Waals surface area contributed by atoms with E-state index in [2.05, 4.69) is 36.5 Å². The van der Waals surface area contributed by atoms with Crippen LogP contribution in [-0.4, -0.2) is 77.0 Å². The number of halogens is 1. The highest BCUT2D eigenvalue weighted by Gasteiger charge is 2.48. The smallest absolute Gasteiger partial charge is 0.121 e. The van der Waals surface area contributed by atoms with Crippen molar-refractivity contribution in [3.63, 3.8) is 0 Å². The topological polar surface area (TPSA) is 111 Å². The molecule has 1 aliphatic carbocycles. The van der Waals surface area contributed by atoms with E-state index in [-0.39, 0.29) is 47.4 Å². The number of aliphatic hydroxyl groups excluding tert-OH is 2. The minimum atomic E-state index is -0.911. The van der Waals surface area contributed by atoms with Crippen molar-refractivity contribution in [1.29, 1.82) is 0 Å². The van der Waals surface area contributed by atoms with Crippen LogP contribution in [0.2, 0.25) is 0 Å². The fourth-order valence-electron chi connectivity index (χ4n) is 8.43. The van der Waals surface area contributed by atoms with Gasteiger partial charge in [-0.2, -0.15) is 0 Å². The van der Waals surface area contributed by atoms with Crippen molar-refractivity contribution in [3.8, 4) is 11.5 Å². The van der Waals surface area contributed by atoms with Gasteiger partial charge in [-0.05, 0) is 66.6 Å². The van der Waals surface area contributed by atoms with Crippen LogP contribution >= 0.6 is 0 Å². The Morgan fingerprint density at radius 1 is 0.939 bits per heavy atom. The summed E-state index contributed by atoms with van der Waals surface area (Å²) in [6, 6.07) is 23.2. The van der Waals surface area contributed by atoms with Crippen molar-refractivity contribution in [3.05, 3.63) is 95.1 Å². The van der Waals surface area contributed by atoms with Gasteiger partial charge in [-0.1, -0.05) is 61.4 Å². The molecule has 5 N–H and O–H groups in total. The van der Waals surface area contributed by atoms with Crippen LogP contribution in [0.4, 0.5) is 0 Å². The third-order valence-corrected chi connectivity index (χ3v) is 11.6. The molecular formula is C40H55BrN2O6. The van der Waals surface area contributed by atoms with Gasteiger partial charge >= 0.3 is 0 Å². The van der Waals surface area contributed by atoms with E-state index in [9.17, 15) is 20.4 Å². The first-order valence-electron chi connectivity index (χ1n) is 18.1. The number of piperidine rings is 3. The number of rotatable bonds is 16. The minimum absolute atomic E-state index is 0. The Morgan fingerprint density at radius 3 is 2.33 bits per heavy atom. The molecule has 3 saturated heterocycles. The second-order valence-corrected chi connectivity index (χ2v) is 14.6. The number of hydrogen-bond acceptors (Lipinski definition) is 7. The molecule has 4 aliphatic rings. The van der Waals surface area contributed by atoms with Crippen molar-refractivity contribution < 1.29 is 51.4 Å².